The number of phenolic OH excluding ortho intramolecular Hbond substituents is 2. The van der Waals surface area contributed by atoms with Crippen molar-refractivity contribution in [1.82, 2.24) is 4.98 Å². The number of pyridine rings is 1. The van der Waals surface area contributed by atoms with Crippen LogP contribution in [0.2, 0.25) is 0 Å². The second kappa shape index (κ2) is 6.86. The molecule has 1 heterocycles. The van der Waals surface area contributed by atoms with Crippen LogP contribution in [-0.4, -0.2) is 29.4 Å². The Morgan fingerprint density at radius 1 is 0.833 bits per heavy atom. The molecule has 5 heteroatoms. The molecule has 3 rings (SSSR count). The van der Waals surface area contributed by atoms with E-state index in [4.69, 9.17) is 9.47 Å². The van der Waals surface area contributed by atoms with Gasteiger partial charge in [0.15, 0.2) is 11.5 Å². The van der Waals surface area contributed by atoms with Crippen molar-refractivity contribution in [1.29, 1.82) is 0 Å². The van der Waals surface area contributed by atoms with Gasteiger partial charge >= 0.3 is 0 Å². The fraction of sp³-hybridized carbons (Fsp3) is 0.211. The third-order valence-electron chi connectivity index (χ3n) is 3.91. The summed E-state index contributed by atoms with van der Waals surface area (Å²) >= 11 is 0. The smallest absolute Gasteiger partial charge is 0.158 e. The maximum Gasteiger partial charge on any atom is 0.158 e. The molecule has 0 aliphatic heterocycles. The first kappa shape index (κ1) is 16.2. The maximum absolute atomic E-state index is 9.68. The molecular weight excluding hydrogens is 306 g/mol. The molecule has 1 aromatic heterocycles. The summed E-state index contributed by atoms with van der Waals surface area (Å²) in [5, 5.41) is 21.2. The third kappa shape index (κ3) is 3.18. The number of nitrogens with zero attached hydrogens (tertiary/aromatic N) is 1. The molecule has 0 atom stereocenters. The maximum atomic E-state index is 9.68. The standard InChI is InChI=1S/C19H19NO4/c1-23-10-15-5-13-7-17(12-3-4-18(21)19(22)8-12)20-9-14(13)6-16(15)11-24-2/h3-9,21-22H,10-11H2,1-2H3. The van der Waals surface area contributed by atoms with E-state index in [0.29, 0.717) is 13.2 Å². The molecule has 0 spiro atoms. The van der Waals surface area contributed by atoms with E-state index >= 15 is 0 Å². The summed E-state index contributed by atoms with van der Waals surface area (Å²) in [5.41, 5.74) is 3.60. The molecule has 3 aromatic rings. The van der Waals surface area contributed by atoms with Crippen molar-refractivity contribution in [2.45, 2.75) is 13.2 Å². The van der Waals surface area contributed by atoms with Crippen molar-refractivity contribution in [2.75, 3.05) is 14.2 Å². The minimum absolute atomic E-state index is 0.147. The number of aromatic nitrogens is 1. The first-order valence-electron chi connectivity index (χ1n) is 7.54. The highest BCUT2D eigenvalue weighted by Gasteiger charge is 2.09. The second-order valence-electron chi connectivity index (χ2n) is 5.61. The van der Waals surface area contributed by atoms with Gasteiger partial charge in [0.05, 0.1) is 18.9 Å². The van der Waals surface area contributed by atoms with Crippen molar-refractivity contribution in [3.05, 3.63) is 53.7 Å². The van der Waals surface area contributed by atoms with Gasteiger partial charge in [0.2, 0.25) is 0 Å². The van der Waals surface area contributed by atoms with Gasteiger partial charge in [0.1, 0.15) is 0 Å². The topological polar surface area (TPSA) is 71.8 Å². The van der Waals surface area contributed by atoms with Crippen molar-refractivity contribution in [2.24, 2.45) is 0 Å². The first-order chi connectivity index (χ1) is 11.6. The Morgan fingerprint density at radius 3 is 2.12 bits per heavy atom. The van der Waals surface area contributed by atoms with Crippen LogP contribution in [0.4, 0.5) is 0 Å². The summed E-state index contributed by atoms with van der Waals surface area (Å²) in [7, 11) is 3.33. The summed E-state index contributed by atoms with van der Waals surface area (Å²) < 4.78 is 10.5. The van der Waals surface area contributed by atoms with E-state index in [0.717, 1.165) is 33.2 Å². The average molecular weight is 325 g/mol. The highest BCUT2D eigenvalue weighted by molar-refractivity contribution is 5.86. The summed E-state index contributed by atoms with van der Waals surface area (Å²) in [6, 6.07) is 10.7. The Hall–Kier alpha value is -2.63. The van der Waals surface area contributed by atoms with E-state index in [1.54, 1.807) is 26.5 Å². The van der Waals surface area contributed by atoms with Gasteiger partial charge in [-0.15, -0.1) is 0 Å². The number of fused-ring (bicyclic) bond motifs is 1. The number of hydrogen-bond donors (Lipinski definition) is 2. The fourth-order valence-electron chi connectivity index (χ4n) is 2.71. The molecule has 0 radical (unpaired) electrons. The predicted octanol–water partition coefficient (Wildman–Crippen LogP) is 3.61. The van der Waals surface area contributed by atoms with Crippen LogP contribution in [-0.2, 0) is 22.7 Å². The number of aromatic hydroxyl groups is 2. The highest BCUT2D eigenvalue weighted by atomic mass is 16.5. The normalized spacial score (nSPS) is 11.1. The van der Waals surface area contributed by atoms with Crippen LogP contribution in [0, 0.1) is 0 Å². The number of hydrogen-bond acceptors (Lipinski definition) is 5. The van der Waals surface area contributed by atoms with Crippen LogP contribution in [0.15, 0.2) is 42.6 Å². The summed E-state index contributed by atoms with van der Waals surface area (Å²) in [6.45, 7) is 1.02. The molecule has 0 amide bonds. The van der Waals surface area contributed by atoms with Gasteiger partial charge in [0, 0.05) is 31.4 Å². The van der Waals surface area contributed by atoms with Crippen LogP contribution in [0.3, 0.4) is 0 Å². The monoisotopic (exact) mass is 325 g/mol. The zero-order valence-electron chi connectivity index (χ0n) is 13.6. The third-order valence-corrected chi connectivity index (χ3v) is 3.91. The number of ether oxygens (including phenoxy) is 2. The average Bonchev–Trinajstić information content (AvgIpc) is 2.58. The molecular formula is C19H19NO4. The van der Waals surface area contributed by atoms with E-state index in [1.165, 1.54) is 12.1 Å². The van der Waals surface area contributed by atoms with Crippen molar-refractivity contribution >= 4 is 10.8 Å². The van der Waals surface area contributed by atoms with E-state index in [2.05, 4.69) is 17.1 Å². The lowest BCUT2D eigenvalue weighted by atomic mass is 10.0. The molecule has 0 saturated heterocycles. The zero-order valence-corrected chi connectivity index (χ0v) is 13.6. The van der Waals surface area contributed by atoms with Gasteiger partial charge in [-0.2, -0.15) is 0 Å². The molecule has 0 unspecified atom stereocenters. The number of rotatable bonds is 5. The molecule has 24 heavy (non-hydrogen) atoms. The predicted molar refractivity (Wildman–Crippen MR) is 91.9 cm³/mol. The molecule has 124 valence electrons. The Bertz CT molecular complexity index is 877. The van der Waals surface area contributed by atoms with Crippen LogP contribution < -0.4 is 0 Å². The largest absolute Gasteiger partial charge is 0.504 e. The van der Waals surface area contributed by atoms with Crippen LogP contribution in [0.1, 0.15) is 11.1 Å². The number of benzene rings is 2. The number of methoxy groups -OCH3 is 2. The lowest BCUT2D eigenvalue weighted by Crippen LogP contribution is -1.98. The molecule has 0 saturated carbocycles. The van der Waals surface area contributed by atoms with E-state index in [9.17, 15) is 10.2 Å². The summed E-state index contributed by atoms with van der Waals surface area (Å²) in [6.07, 6.45) is 1.80. The second-order valence-corrected chi connectivity index (χ2v) is 5.61. The molecule has 2 aromatic carbocycles. The first-order valence-corrected chi connectivity index (χ1v) is 7.54. The Balaban J connectivity index is 2.09. The van der Waals surface area contributed by atoms with Crippen molar-refractivity contribution in [3.63, 3.8) is 0 Å². The lowest BCUT2D eigenvalue weighted by molar-refractivity contribution is 0.168. The Kier molecular flexibility index (Phi) is 4.64. The van der Waals surface area contributed by atoms with Crippen LogP contribution >= 0.6 is 0 Å². The quantitative estimate of drug-likeness (QED) is 0.701. The fourth-order valence-corrected chi connectivity index (χ4v) is 2.71. The van der Waals surface area contributed by atoms with E-state index in [1.807, 2.05) is 6.07 Å². The van der Waals surface area contributed by atoms with Gasteiger partial charge in [-0.3, -0.25) is 4.98 Å². The number of phenols is 2. The van der Waals surface area contributed by atoms with Gasteiger partial charge in [0.25, 0.3) is 0 Å². The molecule has 0 aliphatic carbocycles. The summed E-state index contributed by atoms with van der Waals surface area (Å²) in [4.78, 5) is 4.46. The van der Waals surface area contributed by atoms with E-state index < -0.39 is 0 Å². The van der Waals surface area contributed by atoms with Gasteiger partial charge < -0.3 is 19.7 Å². The SMILES string of the molecule is COCc1cc2cnc(-c3ccc(O)c(O)c3)cc2cc1COC. The lowest BCUT2D eigenvalue weighted by Gasteiger charge is -2.11. The molecule has 0 fully saturated rings. The van der Waals surface area contributed by atoms with Crippen molar-refractivity contribution in [3.8, 4) is 22.8 Å². The van der Waals surface area contributed by atoms with Crippen LogP contribution in [0.5, 0.6) is 11.5 Å². The summed E-state index contributed by atoms with van der Waals surface area (Å²) in [5.74, 6) is -0.309. The molecule has 5 nitrogen and oxygen atoms in total. The van der Waals surface area contributed by atoms with Crippen molar-refractivity contribution < 1.29 is 19.7 Å². The highest BCUT2D eigenvalue weighted by Crippen LogP contribution is 2.31. The molecule has 0 bridgehead atoms. The molecule has 0 aliphatic rings. The molecule has 2 N–H and O–H groups in total. The zero-order chi connectivity index (χ0) is 17.1. The van der Waals surface area contributed by atoms with Gasteiger partial charge in [-0.1, -0.05) is 0 Å². The minimum Gasteiger partial charge on any atom is -0.504 e. The van der Waals surface area contributed by atoms with E-state index in [-0.39, 0.29) is 11.5 Å². The minimum atomic E-state index is -0.162. The Labute approximate surface area is 140 Å². The van der Waals surface area contributed by atoms with Gasteiger partial charge in [-0.05, 0) is 52.9 Å². The van der Waals surface area contributed by atoms with Gasteiger partial charge in [-0.25, -0.2) is 0 Å². The Morgan fingerprint density at radius 2 is 1.50 bits per heavy atom. The van der Waals surface area contributed by atoms with Crippen LogP contribution in [0.25, 0.3) is 22.0 Å².